The largest absolute Gasteiger partial charge is 0.484 e. The van der Waals surface area contributed by atoms with Crippen LogP contribution in [0, 0.1) is 0 Å². The fourth-order valence-electron chi connectivity index (χ4n) is 3.50. The van der Waals surface area contributed by atoms with Crippen LogP contribution in [-0.2, 0) is 14.8 Å². The first kappa shape index (κ1) is 22.5. The zero-order valence-electron chi connectivity index (χ0n) is 18.1. The minimum atomic E-state index is -3.70. The van der Waals surface area contributed by atoms with Crippen LogP contribution in [0.25, 0.3) is 10.8 Å². The Morgan fingerprint density at radius 3 is 2.27 bits per heavy atom. The molecule has 0 bridgehead atoms. The summed E-state index contributed by atoms with van der Waals surface area (Å²) in [6, 6.07) is 28.4. The van der Waals surface area contributed by atoms with Crippen molar-refractivity contribution in [2.45, 2.75) is 17.9 Å². The van der Waals surface area contributed by atoms with Crippen molar-refractivity contribution in [2.24, 2.45) is 0 Å². The quantitative estimate of drug-likeness (QED) is 0.392. The molecule has 0 heterocycles. The molecule has 0 radical (unpaired) electrons. The van der Waals surface area contributed by atoms with Crippen LogP contribution in [0.1, 0.15) is 18.5 Å². The van der Waals surface area contributed by atoms with Gasteiger partial charge in [-0.15, -0.1) is 0 Å². The van der Waals surface area contributed by atoms with Gasteiger partial charge in [0.2, 0.25) is 10.0 Å². The van der Waals surface area contributed by atoms with E-state index < -0.39 is 10.0 Å². The molecular weight excluding hydrogens is 436 g/mol. The maximum atomic E-state index is 12.7. The van der Waals surface area contributed by atoms with Crippen molar-refractivity contribution in [3.8, 4) is 5.75 Å². The zero-order valence-corrected chi connectivity index (χ0v) is 18.9. The highest BCUT2D eigenvalue weighted by Crippen LogP contribution is 2.23. The van der Waals surface area contributed by atoms with Gasteiger partial charge in [-0.25, -0.2) is 13.1 Å². The van der Waals surface area contributed by atoms with E-state index in [1.165, 1.54) is 24.3 Å². The molecule has 0 saturated heterocycles. The molecule has 4 aromatic carbocycles. The van der Waals surface area contributed by atoms with Gasteiger partial charge in [0.25, 0.3) is 5.91 Å². The van der Waals surface area contributed by atoms with Crippen LogP contribution in [0.2, 0.25) is 0 Å². The fraction of sp³-hybridized carbons (Fsp3) is 0.115. The van der Waals surface area contributed by atoms with E-state index in [1.807, 2.05) is 72.8 Å². The summed E-state index contributed by atoms with van der Waals surface area (Å²) < 4.78 is 33.6. The molecule has 168 valence electrons. The van der Waals surface area contributed by atoms with Crippen LogP contribution in [0.5, 0.6) is 5.75 Å². The molecule has 6 nitrogen and oxygen atoms in total. The molecule has 0 saturated carbocycles. The van der Waals surface area contributed by atoms with Crippen LogP contribution < -0.4 is 14.8 Å². The van der Waals surface area contributed by atoms with Crippen molar-refractivity contribution in [2.75, 3.05) is 11.9 Å². The molecule has 7 heteroatoms. The SMILES string of the molecule is C[C@H](NS(=O)(=O)c1ccc(OCC(=O)Nc2cccc3ccccc23)cc1)c1ccccc1. The smallest absolute Gasteiger partial charge is 0.262 e. The summed E-state index contributed by atoms with van der Waals surface area (Å²) in [4.78, 5) is 12.5. The van der Waals surface area contributed by atoms with E-state index in [0.717, 1.165) is 16.3 Å². The first-order valence-corrected chi connectivity index (χ1v) is 12.0. The van der Waals surface area contributed by atoms with E-state index in [9.17, 15) is 13.2 Å². The molecule has 0 aliphatic carbocycles. The van der Waals surface area contributed by atoms with Gasteiger partial charge in [0.05, 0.1) is 4.90 Å². The maximum Gasteiger partial charge on any atom is 0.262 e. The number of anilines is 1. The van der Waals surface area contributed by atoms with Gasteiger partial charge >= 0.3 is 0 Å². The van der Waals surface area contributed by atoms with E-state index >= 15 is 0 Å². The second-order valence-electron chi connectivity index (χ2n) is 7.59. The summed E-state index contributed by atoms with van der Waals surface area (Å²) >= 11 is 0. The van der Waals surface area contributed by atoms with Crippen molar-refractivity contribution in [1.82, 2.24) is 4.72 Å². The number of fused-ring (bicyclic) bond motifs is 1. The number of sulfonamides is 1. The molecule has 1 atom stereocenters. The van der Waals surface area contributed by atoms with E-state index in [0.29, 0.717) is 11.4 Å². The second-order valence-corrected chi connectivity index (χ2v) is 9.30. The van der Waals surface area contributed by atoms with E-state index in [-0.39, 0.29) is 23.5 Å². The number of ether oxygens (including phenoxy) is 1. The van der Waals surface area contributed by atoms with Crippen LogP contribution in [-0.4, -0.2) is 20.9 Å². The Labute approximate surface area is 193 Å². The second kappa shape index (κ2) is 9.85. The number of amides is 1. The Balaban J connectivity index is 1.36. The summed E-state index contributed by atoms with van der Waals surface area (Å²) in [5.74, 6) is 0.0968. The third-order valence-electron chi connectivity index (χ3n) is 5.20. The lowest BCUT2D eigenvalue weighted by atomic mass is 10.1. The molecule has 0 aliphatic rings. The predicted molar refractivity (Wildman–Crippen MR) is 130 cm³/mol. The van der Waals surface area contributed by atoms with Crippen molar-refractivity contribution in [1.29, 1.82) is 0 Å². The van der Waals surface area contributed by atoms with Crippen molar-refractivity contribution >= 4 is 32.4 Å². The van der Waals surface area contributed by atoms with Crippen molar-refractivity contribution in [3.05, 3.63) is 103 Å². The summed E-state index contributed by atoms with van der Waals surface area (Å²) in [6.07, 6.45) is 0. The lowest BCUT2D eigenvalue weighted by Crippen LogP contribution is -2.26. The average Bonchev–Trinajstić information content (AvgIpc) is 2.83. The molecule has 33 heavy (non-hydrogen) atoms. The Kier molecular flexibility index (Phi) is 6.72. The molecule has 2 N–H and O–H groups in total. The molecular formula is C26H24N2O4S. The lowest BCUT2D eigenvalue weighted by molar-refractivity contribution is -0.118. The Bertz CT molecular complexity index is 1350. The minimum absolute atomic E-state index is 0.123. The van der Waals surface area contributed by atoms with Gasteiger partial charge in [0, 0.05) is 17.1 Å². The van der Waals surface area contributed by atoms with Gasteiger partial charge in [-0.2, -0.15) is 0 Å². The average molecular weight is 461 g/mol. The third kappa shape index (κ3) is 5.58. The Morgan fingerprint density at radius 1 is 0.848 bits per heavy atom. The lowest BCUT2D eigenvalue weighted by Gasteiger charge is -2.15. The fourth-order valence-corrected chi connectivity index (χ4v) is 4.73. The number of carbonyl (C=O) groups excluding carboxylic acids is 1. The van der Waals surface area contributed by atoms with Gasteiger partial charge < -0.3 is 10.1 Å². The summed E-state index contributed by atoms with van der Waals surface area (Å²) in [7, 11) is -3.70. The van der Waals surface area contributed by atoms with Crippen LogP contribution in [0.4, 0.5) is 5.69 Å². The third-order valence-corrected chi connectivity index (χ3v) is 6.76. The Morgan fingerprint density at radius 2 is 1.52 bits per heavy atom. The molecule has 4 aromatic rings. The highest BCUT2D eigenvalue weighted by Gasteiger charge is 2.18. The number of rotatable bonds is 8. The van der Waals surface area contributed by atoms with Gasteiger partial charge in [0.1, 0.15) is 5.75 Å². The van der Waals surface area contributed by atoms with Crippen molar-refractivity contribution < 1.29 is 17.9 Å². The van der Waals surface area contributed by atoms with E-state index in [2.05, 4.69) is 10.0 Å². The molecule has 4 rings (SSSR count). The minimum Gasteiger partial charge on any atom is -0.484 e. The van der Waals surface area contributed by atoms with Gasteiger partial charge in [-0.3, -0.25) is 4.79 Å². The molecule has 0 aliphatic heterocycles. The van der Waals surface area contributed by atoms with Crippen LogP contribution >= 0.6 is 0 Å². The number of hydrogen-bond acceptors (Lipinski definition) is 4. The molecule has 0 unspecified atom stereocenters. The monoisotopic (exact) mass is 460 g/mol. The number of nitrogens with one attached hydrogen (secondary N) is 2. The number of benzene rings is 4. The van der Waals surface area contributed by atoms with Crippen LogP contribution in [0.3, 0.4) is 0 Å². The maximum absolute atomic E-state index is 12.7. The highest BCUT2D eigenvalue weighted by atomic mass is 32.2. The topological polar surface area (TPSA) is 84.5 Å². The summed E-state index contributed by atoms with van der Waals surface area (Å²) in [5.41, 5.74) is 1.58. The number of hydrogen-bond donors (Lipinski definition) is 2. The van der Waals surface area contributed by atoms with E-state index in [1.54, 1.807) is 6.92 Å². The molecule has 0 aromatic heterocycles. The zero-order chi connectivity index (χ0) is 23.3. The van der Waals surface area contributed by atoms with Crippen LogP contribution in [0.15, 0.2) is 102 Å². The van der Waals surface area contributed by atoms with Gasteiger partial charge in [0.15, 0.2) is 6.61 Å². The normalized spacial score (nSPS) is 12.3. The summed E-state index contributed by atoms with van der Waals surface area (Å²) in [5, 5.41) is 4.83. The predicted octanol–water partition coefficient (Wildman–Crippen LogP) is 4.90. The highest BCUT2D eigenvalue weighted by molar-refractivity contribution is 7.89. The first-order valence-electron chi connectivity index (χ1n) is 10.5. The molecule has 0 spiro atoms. The van der Waals surface area contributed by atoms with Gasteiger partial charge in [-0.1, -0.05) is 66.7 Å². The Hall–Kier alpha value is -3.68. The van der Waals surface area contributed by atoms with Crippen molar-refractivity contribution in [3.63, 3.8) is 0 Å². The van der Waals surface area contributed by atoms with Gasteiger partial charge in [-0.05, 0) is 48.2 Å². The number of carbonyl (C=O) groups is 1. The molecule has 0 fully saturated rings. The van der Waals surface area contributed by atoms with E-state index in [4.69, 9.17) is 4.74 Å². The first-order chi connectivity index (χ1) is 15.9. The summed E-state index contributed by atoms with van der Waals surface area (Å²) in [6.45, 7) is 1.59. The molecule has 1 amide bonds. The standard InChI is InChI=1S/C26H24N2O4S/c1-19(20-8-3-2-4-9-20)28-33(30,31)23-16-14-22(15-17-23)32-18-26(29)27-25-13-7-11-21-10-5-6-12-24(21)25/h2-17,19,28H,18H2,1H3,(H,27,29)/t19-/m0/s1.